The number of nitriles is 1. The lowest BCUT2D eigenvalue weighted by Crippen LogP contribution is -2.49. The zero-order valence-electron chi connectivity index (χ0n) is 15.7. The van der Waals surface area contributed by atoms with E-state index in [0.717, 1.165) is 10.2 Å². The van der Waals surface area contributed by atoms with Gasteiger partial charge in [0.15, 0.2) is 0 Å². The van der Waals surface area contributed by atoms with Crippen molar-refractivity contribution in [3.05, 3.63) is 36.0 Å². The molecule has 0 aliphatic carbocycles. The van der Waals surface area contributed by atoms with E-state index in [0.29, 0.717) is 10.9 Å². The highest BCUT2D eigenvalue weighted by Gasteiger charge is 2.29. The summed E-state index contributed by atoms with van der Waals surface area (Å²) in [7, 11) is -3.48. The average molecular weight is 408 g/mol. The summed E-state index contributed by atoms with van der Waals surface area (Å²) >= 11 is 0. The van der Waals surface area contributed by atoms with Gasteiger partial charge in [-0.05, 0) is 38.1 Å². The molecule has 1 aromatic carbocycles. The van der Waals surface area contributed by atoms with Gasteiger partial charge in [-0.15, -0.1) is 0 Å². The molecule has 28 heavy (non-hydrogen) atoms. The smallest absolute Gasteiger partial charge is 0.251 e. The van der Waals surface area contributed by atoms with E-state index in [1.807, 2.05) is 0 Å². The van der Waals surface area contributed by atoms with Crippen molar-refractivity contribution < 1.29 is 22.4 Å². The standard InChI is InChI=1S/C18H21FN4O4S/c1-18(2,19)11-14(17(25)21-8-7-20)22-16(24)13-4-5-15-12(10-13)6-9-23(15)28(3,26)27/h4-6,9-10,14H,8,11H2,1-3H3,(H,21,25)(H,22,24). The van der Waals surface area contributed by atoms with Crippen LogP contribution in [0.1, 0.15) is 30.6 Å². The molecule has 0 aliphatic rings. The molecule has 8 nitrogen and oxygen atoms in total. The first-order valence-electron chi connectivity index (χ1n) is 8.38. The lowest BCUT2D eigenvalue weighted by molar-refractivity contribution is -0.123. The number of alkyl halides is 1. The van der Waals surface area contributed by atoms with Crippen LogP contribution in [0.15, 0.2) is 30.5 Å². The van der Waals surface area contributed by atoms with Crippen LogP contribution in [0, 0.1) is 11.3 Å². The van der Waals surface area contributed by atoms with Crippen molar-refractivity contribution in [2.24, 2.45) is 0 Å². The maximum absolute atomic E-state index is 14.0. The van der Waals surface area contributed by atoms with Gasteiger partial charge in [0.05, 0.1) is 17.8 Å². The predicted molar refractivity (Wildman–Crippen MR) is 102 cm³/mol. The Morgan fingerprint density at radius 2 is 2.00 bits per heavy atom. The quantitative estimate of drug-likeness (QED) is 0.670. The molecule has 0 fully saturated rings. The molecule has 10 heteroatoms. The van der Waals surface area contributed by atoms with Gasteiger partial charge in [-0.1, -0.05) is 0 Å². The van der Waals surface area contributed by atoms with Gasteiger partial charge in [-0.25, -0.2) is 16.8 Å². The summed E-state index contributed by atoms with van der Waals surface area (Å²) in [5.41, 5.74) is -1.13. The van der Waals surface area contributed by atoms with Crippen LogP contribution in [-0.2, 0) is 14.8 Å². The second-order valence-electron chi connectivity index (χ2n) is 6.97. The summed E-state index contributed by atoms with van der Waals surface area (Å²) in [6.45, 7) is 2.30. The van der Waals surface area contributed by atoms with Crippen molar-refractivity contribution in [3.8, 4) is 6.07 Å². The summed E-state index contributed by atoms with van der Waals surface area (Å²) in [5, 5.41) is 13.9. The molecule has 1 heterocycles. The minimum Gasteiger partial charge on any atom is -0.341 e. The van der Waals surface area contributed by atoms with Crippen LogP contribution >= 0.6 is 0 Å². The lowest BCUT2D eigenvalue weighted by atomic mass is 9.99. The Morgan fingerprint density at radius 1 is 1.32 bits per heavy atom. The second-order valence-corrected chi connectivity index (χ2v) is 8.83. The SMILES string of the molecule is CC(C)(F)CC(NC(=O)c1ccc2c(ccn2S(C)(=O)=O)c1)C(=O)NCC#N. The summed E-state index contributed by atoms with van der Waals surface area (Å²) in [6, 6.07) is 6.51. The van der Waals surface area contributed by atoms with Gasteiger partial charge in [0, 0.05) is 23.6 Å². The van der Waals surface area contributed by atoms with Crippen molar-refractivity contribution in [1.29, 1.82) is 5.26 Å². The van der Waals surface area contributed by atoms with Crippen LogP contribution in [-0.4, -0.2) is 48.7 Å². The predicted octanol–water partition coefficient (Wildman–Crippen LogP) is 1.33. The summed E-state index contributed by atoms with van der Waals surface area (Å²) in [5.74, 6) is -1.28. The number of halogens is 1. The van der Waals surface area contributed by atoms with E-state index < -0.39 is 33.5 Å². The molecular formula is C18H21FN4O4S. The van der Waals surface area contributed by atoms with Crippen LogP contribution in [0.4, 0.5) is 4.39 Å². The van der Waals surface area contributed by atoms with E-state index in [2.05, 4.69) is 10.6 Å². The number of aromatic nitrogens is 1. The second kappa shape index (κ2) is 7.98. The molecule has 0 spiro atoms. The summed E-state index contributed by atoms with van der Waals surface area (Å²) in [4.78, 5) is 24.7. The first kappa shape index (κ1) is 21.4. The van der Waals surface area contributed by atoms with Crippen LogP contribution in [0.25, 0.3) is 10.9 Å². The maximum atomic E-state index is 14.0. The van der Waals surface area contributed by atoms with E-state index in [9.17, 15) is 22.4 Å². The molecule has 2 aromatic rings. The molecule has 2 rings (SSSR count). The van der Waals surface area contributed by atoms with Crippen molar-refractivity contribution >= 4 is 32.7 Å². The van der Waals surface area contributed by atoms with Gasteiger partial charge in [0.1, 0.15) is 18.3 Å². The number of benzene rings is 1. The van der Waals surface area contributed by atoms with E-state index in [4.69, 9.17) is 5.26 Å². The Kier molecular flexibility index (Phi) is 6.09. The number of hydrogen-bond acceptors (Lipinski definition) is 5. The fourth-order valence-electron chi connectivity index (χ4n) is 2.73. The first-order valence-corrected chi connectivity index (χ1v) is 10.2. The average Bonchev–Trinajstić information content (AvgIpc) is 3.01. The van der Waals surface area contributed by atoms with Gasteiger partial charge >= 0.3 is 0 Å². The zero-order chi connectivity index (χ0) is 21.1. The Hall–Kier alpha value is -2.93. The molecule has 1 atom stereocenters. The molecule has 0 radical (unpaired) electrons. The molecule has 1 unspecified atom stereocenters. The Morgan fingerprint density at radius 3 is 2.57 bits per heavy atom. The minimum absolute atomic E-state index is 0.188. The third-order valence-electron chi connectivity index (χ3n) is 3.93. The zero-order valence-corrected chi connectivity index (χ0v) is 16.5. The van der Waals surface area contributed by atoms with E-state index in [1.54, 1.807) is 12.1 Å². The van der Waals surface area contributed by atoms with Crippen molar-refractivity contribution in [2.45, 2.75) is 32.0 Å². The summed E-state index contributed by atoms with van der Waals surface area (Å²) < 4.78 is 38.6. The van der Waals surface area contributed by atoms with Crippen molar-refractivity contribution in [2.75, 3.05) is 12.8 Å². The minimum atomic E-state index is -3.48. The van der Waals surface area contributed by atoms with Gasteiger partial charge in [0.25, 0.3) is 5.91 Å². The Balaban J connectivity index is 2.27. The maximum Gasteiger partial charge on any atom is 0.251 e. The highest BCUT2D eigenvalue weighted by molar-refractivity contribution is 7.89. The number of nitrogens with zero attached hydrogens (tertiary/aromatic N) is 2. The molecule has 0 bridgehead atoms. The van der Waals surface area contributed by atoms with Crippen LogP contribution in [0.5, 0.6) is 0 Å². The third kappa shape index (κ3) is 5.29. The normalized spacial score (nSPS) is 13.0. The van der Waals surface area contributed by atoms with Crippen LogP contribution in [0.3, 0.4) is 0 Å². The highest BCUT2D eigenvalue weighted by atomic mass is 32.2. The summed E-state index contributed by atoms with van der Waals surface area (Å²) in [6.07, 6.45) is 2.17. The van der Waals surface area contributed by atoms with Crippen molar-refractivity contribution in [3.63, 3.8) is 0 Å². The lowest BCUT2D eigenvalue weighted by Gasteiger charge is -2.23. The largest absolute Gasteiger partial charge is 0.341 e. The van der Waals surface area contributed by atoms with Crippen molar-refractivity contribution in [1.82, 2.24) is 14.6 Å². The van der Waals surface area contributed by atoms with Crippen LogP contribution < -0.4 is 10.6 Å². The third-order valence-corrected chi connectivity index (χ3v) is 4.96. The molecule has 2 amide bonds. The van der Waals surface area contributed by atoms with Gasteiger partial charge in [0.2, 0.25) is 15.9 Å². The van der Waals surface area contributed by atoms with Gasteiger partial charge in [-0.2, -0.15) is 5.26 Å². The Labute approximate surface area is 162 Å². The van der Waals surface area contributed by atoms with Crippen LogP contribution in [0.2, 0.25) is 0 Å². The number of nitrogens with one attached hydrogen (secondary N) is 2. The van der Waals surface area contributed by atoms with E-state index in [1.165, 1.54) is 38.2 Å². The number of amides is 2. The molecule has 0 saturated heterocycles. The topological polar surface area (TPSA) is 121 Å². The van der Waals surface area contributed by atoms with E-state index >= 15 is 0 Å². The fraction of sp³-hybridized carbons (Fsp3) is 0.389. The highest BCUT2D eigenvalue weighted by Crippen LogP contribution is 2.20. The number of carbonyl (C=O) groups excluding carboxylic acids is 2. The molecule has 1 aromatic heterocycles. The van der Waals surface area contributed by atoms with E-state index in [-0.39, 0.29) is 18.5 Å². The number of fused-ring (bicyclic) bond motifs is 1. The molecule has 0 aliphatic heterocycles. The molecule has 2 N–H and O–H groups in total. The first-order chi connectivity index (χ1) is 12.9. The number of carbonyl (C=O) groups is 2. The molecular weight excluding hydrogens is 387 g/mol. The fourth-order valence-corrected chi connectivity index (χ4v) is 3.54. The monoisotopic (exact) mass is 408 g/mol. The number of rotatable bonds is 7. The van der Waals surface area contributed by atoms with Gasteiger partial charge in [-0.3, -0.25) is 9.59 Å². The number of hydrogen-bond donors (Lipinski definition) is 2. The molecule has 150 valence electrons. The Bertz CT molecular complexity index is 1050. The molecule has 0 saturated carbocycles. The van der Waals surface area contributed by atoms with Gasteiger partial charge < -0.3 is 10.6 Å².